The summed E-state index contributed by atoms with van der Waals surface area (Å²) in [5, 5.41) is 17.5. The SMILES string of the molecule is CN(CCO)c1cccc(C#N)c1N. The van der Waals surface area contributed by atoms with Gasteiger partial charge in [-0.05, 0) is 12.1 Å². The van der Waals surface area contributed by atoms with Crippen molar-refractivity contribution in [2.24, 2.45) is 0 Å². The molecule has 0 spiro atoms. The van der Waals surface area contributed by atoms with Crippen molar-refractivity contribution < 1.29 is 5.11 Å². The Morgan fingerprint density at radius 2 is 2.29 bits per heavy atom. The van der Waals surface area contributed by atoms with Crippen molar-refractivity contribution in [1.29, 1.82) is 5.26 Å². The summed E-state index contributed by atoms with van der Waals surface area (Å²) >= 11 is 0. The zero-order chi connectivity index (χ0) is 10.6. The van der Waals surface area contributed by atoms with Crippen LogP contribution in [0.2, 0.25) is 0 Å². The second-order valence-electron chi connectivity index (χ2n) is 3.00. The van der Waals surface area contributed by atoms with Gasteiger partial charge in [-0.3, -0.25) is 0 Å². The first-order valence-corrected chi connectivity index (χ1v) is 4.31. The van der Waals surface area contributed by atoms with Crippen molar-refractivity contribution in [2.75, 3.05) is 30.8 Å². The number of hydrogen-bond acceptors (Lipinski definition) is 4. The lowest BCUT2D eigenvalue weighted by molar-refractivity contribution is 0.304. The van der Waals surface area contributed by atoms with Gasteiger partial charge in [0.15, 0.2) is 0 Å². The maximum atomic E-state index is 8.77. The van der Waals surface area contributed by atoms with E-state index in [1.54, 1.807) is 12.1 Å². The van der Waals surface area contributed by atoms with Gasteiger partial charge in [0.25, 0.3) is 0 Å². The molecule has 0 aliphatic rings. The van der Waals surface area contributed by atoms with Gasteiger partial charge in [0.1, 0.15) is 6.07 Å². The Balaban J connectivity index is 3.04. The number of rotatable bonds is 3. The molecule has 0 radical (unpaired) electrons. The molecule has 1 aromatic rings. The van der Waals surface area contributed by atoms with Crippen LogP contribution in [0.4, 0.5) is 11.4 Å². The third-order valence-corrected chi connectivity index (χ3v) is 2.05. The van der Waals surface area contributed by atoms with Gasteiger partial charge in [0, 0.05) is 13.6 Å². The average molecular weight is 191 g/mol. The third-order valence-electron chi connectivity index (χ3n) is 2.05. The molecule has 0 saturated heterocycles. The van der Waals surface area contributed by atoms with E-state index in [0.717, 1.165) is 5.69 Å². The molecule has 0 aliphatic carbocycles. The van der Waals surface area contributed by atoms with Crippen LogP contribution >= 0.6 is 0 Å². The van der Waals surface area contributed by atoms with Crippen LogP contribution in [0.25, 0.3) is 0 Å². The Morgan fingerprint density at radius 3 is 2.86 bits per heavy atom. The lowest BCUT2D eigenvalue weighted by Gasteiger charge is -2.20. The first-order valence-electron chi connectivity index (χ1n) is 4.31. The second kappa shape index (κ2) is 4.49. The topological polar surface area (TPSA) is 73.3 Å². The predicted octanol–water partition coefficient (Wildman–Crippen LogP) is 0.569. The molecule has 14 heavy (non-hydrogen) atoms. The number of hydrogen-bond donors (Lipinski definition) is 2. The molecule has 0 fully saturated rings. The quantitative estimate of drug-likeness (QED) is 0.685. The van der Waals surface area contributed by atoms with E-state index in [4.69, 9.17) is 16.1 Å². The highest BCUT2D eigenvalue weighted by molar-refractivity contribution is 5.73. The van der Waals surface area contributed by atoms with Gasteiger partial charge in [0.2, 0.25) is 0 Å². The smallest absolute Gasteiger partial charge is 0.101 e. The molecule has 74 valence electrons. The summed E-state index contributed by atoms with van der Waals surface area (Å²) in [6.45, 7) is 0.561. The molecule has 1 aromatic carbocycles. The number of para-hydroxylation sites is 1. The number of nitrogens with zero attached hydrogens (tertiary/aromatic N) is 2. The van der Waals surface area contributed by atoms with Gasteiger partial charge in [-0.15, -0.1) is 0 Å². The summed E-state index contributed by atoms with van der Waals surface area (Å²) in [4.78, 5) is 1.82. The van der Waals surface area contributed by atoms with Crippen molar-refractivity contribution in [3.8, 4) is 6.07 Å². The van der Waals surface area contributed by atoms with Gasteiger partial charge < -0.3 is 15.7 Å². The van der Waals surface area contributed by atoms with Crippen LogP contribution in [0, 0.1) is 11.3 Å². The Morgan fingerprint density at radius 1 is 1.57 bits per heavy atom. The normalized spacial score (nSPS) is 9.50. The molecular weight excluding hydrogens is 178 g/mol. The predicted molar refractivity (Wildman–Crippen MR) is 55.9 cm³/mol. The number of aliphatic hydroxyl groups excluding tert-OH is 1. The van der Waals surface area contributed by atoms with Crippen molar-refractivity contribution in [1.82, 2.24) is 0 Å². The number of nitriles is 1. The van der Waals surface area contributed by atoms with Crippen LogP contribution in [0.15, 0.2) is 18.2 Å². The molecule has 0 aliphatic heterocycles. The van der Waals surface area contributed by atoms with E-state index in [1.165, 1.54) is 0 Å². The first-order chi connectivity index (χ1) is 6.70. The van der Waals surface area contributed by atoms with Gasteiger partial charge in [-0.25, -0.2) is 0 Å². The Kier molecular flexibility index (Phi) is 3.32. The Bertz CT molecular complexity index is 357. The Hall–Kier alpha value is -1.73. The highest BCUT2D eigenvalue weighted by Gasteiger charge is 2.07. The molecule has 0 unspecified atom stereocenters. The molecule has 0 aromatic heterocycles. The fourth-order valence-corrected chi connectivity index (χ4v) is 1.25. The fourth-order valence-electron chi connectivity index (χ4n) is 1.25. The average Bonchev–Trinajstić information content (AvgIpc) is 2.18. The van der Waals surface area contributed by atoms with E-state index >= 15 is 0 Å². The molecule has 0 heterocycles. The van der Waals surface area contributed by atoms with Crippen molar-refractivity contribution in [3.63, 3.8) is 0 Å². The van der Waals surface area contributed by atoms with Crippen LogP contribution < -0.4 is 10.6 Å². The van der Waals surface area contributed by atoms with Gasteiger partial charge in [-0.2, -0.15) is 5.26 Å². The summed E-state index contributed by atoms with van der Waals surface area (Å²) in [5.41, 5.74) is 7.48. The number of anilines is 2. The zero-order valence-corrected chi connectivity index (χ0v) is 8.07. The highest BCUT2D eigenvalue weighted by Crippen LogP contribution is 2.24. The van der Waals surface area contributed by atoms with Crippen LogP contribution in [-0.4, -0.2) is 25.3 Å². The minimum absolute atomic E-state index is 0.0622. The number of nitrogens with two attached hydrogens (primary N) is 1. The summed E-state index contributed by atoms with van der Waals surface area (Å²) < 4.78 is 0. The van der Waals surface area contributed by atoms with Crippen molar-refractivity contribution >= 4 is 11.4 Å². The van der Waals surface area contributed by atoms with Crippen molar-refractivity contribution in [2.45, 2.75) is 0 Å². The van der Waals surface area contributed by atoms with Gasteiger partial charge in [0.05, 0.1) is 23.5 Å². The molecule has 0 amide bonds. The van der Waals surface area contributed by atoms with Gasteiger partial charge in [-0.1, -0.05) is 6.07 Å². The molecule has 3 N–H and O–H groups in total. The lowest BCUT2D eigenvalue weighted by atomic mass is 10.1. The molecular formula is C10H13N3O. The van der Waals surface area contributed by atoms with E-state index < -0.39 is 0 Å². The van der Waals surface area contributed by atoms with Crippen LogP contribution in [-0.2, 0) is 0 Å². The molecule has 4 heteroatoms. The maximum absolute atomic E-state index is 8.77. The third kappa shape index (κ3) is 1.95. The lowest BCUT2D eigenvalue weighted by Crippen LogP contribution is -2.22. The molecule has 1 rings (SSSR count). The molecule has 0 saturated carbocycles. The number of benzene rings is 1. The number of likely N-dealkylation sites (N-methyl/N-ethyl adjacent to an activating group) is 1. The standard InChI is InChI=1S/C10H13N3O/c1-13(5-6-14)9-4-2-3-8(7-11)10(9)12/h2-4,14H,5-6,12H2,1H3. The van der Waals surface area contributed by atoms with E-state index in [2.05, 4.69) is 0 Å². The van der Waals surface area contributed by atoms with E-state index in [0.29, 0.717) is 17.8 Å². The van der Waals surface area contributed by atoms with E-state index in [9.17, 15) is 0 Å². The van der Waals surface area contributed by atoms with Crippen LogP contribution in [0.1, 0.15) is 5.56 Å². The number of nitrogen functional groups attached to an aromatic ring is 1. The van der Waals surface area contributed by atoms with E-state index in [1.807, 2.05) is 24.1 Å². The van der Waals surface area contributed by atoms with E-state index in [-0.39, 0.29) is 6.61 Å². The minimum atomic E-state index is 0.0622. The number of aliphatic hydroxyl groups is 1. The Labute approximate surface area is 83.2 Å². The summed E-state index contributed by atoms with van der Waals surface area (Å²) in [6, 6.07) is 7.29. The summed E-state index contributed by atoms with van der Waals surface area (Å²) in [6.07, 6.45) is 0. The molecule has 0 bridgehead atoms. The highest BCUT2D eigenvalue weighted by atomic mass is 16.3. The van der Waals surface area contributed by atoms with Gasteiger partial charge >= 0.3 is 0 Å². The molecule has 0 atom stereocenters. The maximum Gasteiger partial charge on any atom is 0.101 e. The van der Waals surface area contributed by atoms with Crippen molar-refractivity contribution in [3.05, 3.63) is 23.8 Å². The molecule has 4 nitrogen and oxygen atoms in total. The summed E-state index contributed by atoms with van der Waals surface area (Å²) in [7, 11) is 1.82. The largest absolute Gasteiger partial charge is 0.396 e. The fraction of sp³-hybridized carbons (Fsp3) is 0.300. The minimum Gasteiger partial charge on any atom is -0.396 e. The first kappa shape index (κ1) is 10.4. The second-order valence-corrected chi connectivity index (χ2v) is 3.00. The zero-order valence-electron chi connectivity index (χ0n) is 8.07. The van der Waals surface area contributed by atoms with Crippen LogP contribution in [0.3, 0.4) is 0 Å². The summed E-state index contributed by atoms with van der Waals surface area (Å²) in [5.74, 6) is 0. The monoisotopic (exact) mass is 191 g/mol. The van der Waals surface area contributed by atoms with Crippen LogP contribution in [0.5, 0.6) is 0 Å².